The highest BCUT2D eigenvalue weighted by molar-refractivity contribution is 6.30. The third-order valence-corrected chi connectivity index (χ3v) is 5.05. The molecule has 1 saturated heterocycles. The summed E-state index contributed by atoms with van der Waals surface area (Å²) in [5.74, 6) is 0. The van der Waals surface area contributed by atoms with Gasteiger partial charge in [0, 0.05) is 43.1 Å². The Morgan fingerprint density at radius 3 is 2.54 bits per heavy atom. The number of hydrogen-bond donors (Lipinski definition) is 1. The first-order valence-electron chi connectivity index (χ1n) is 8.83. The number of aryl methyl sites for hydroxylation is 1. The molecule has 1 fully saturated rings. The molecule has 2 aromatic rings. The van der Waals surface area contributed by atoms with E-state index in [-0.39, 0.29) is 6.03 Å². The summed E-state index contributed by atoms with van der Waals surface area (Å²) in [5, 5.41) is 3.52. The molecule has 1 aliphatic heterocycles. The first kappa shape index (κ1) is 18.3. The van der Waals surface area contributed by atoms with E-state index in [4.69, 9.17) is 11.6 Å². The van der Waals surface area contributed by atoms with Crippen molar-refractivity contribution in [1.29, 1.82) is 0 Å². The van der Waals surface area contributed by atoms with Crippen LogP contribution in [0.5, 0.6) is 0 Å². The number of piperazine rings is 1. The maximum atomic E-state index is 12.3. The van der Waals surface area contributed by atoms with Crippen molar-refractivity contribution in [2.24, 2.45) is 0 Å². The van der Waals surface area contributed by atoms with E-state index in [0.717, 1.165) is 18.7 Å². The van der Waals surface area contributed by atoms with Crippen molar-refractivity contribution in [3.63, 3.8) is 0 Å². The number of carbonyl (C=O) groups is 1. The summed E-state index contributed by atoms with van der Waals surface area (Å²) in [4.78, 5) is 16.5. The van der Waals surface area contributed by atoms with Gasteiger partial charge in [-0.2, -0.15) is 0 Å². The van der Waals surface area contributed by atoms with Crippen molar-refractivity contribution in [2.45, 2.75) is 13.8 Å². The first-order valence-corrected chi connectivity index (χ1v) is 9.21. The van der Waals surface area contributed by atoms with E-state index in [9.17, 15) is 4.79 Å². The average Bonchev–Trinajstić information content (AvgIpc) is 2.64. The minimum absolute atomic E-state index is 0.0658. The van der Waals surface area contributed by atoms with Gasteiger partial charge < -0.3 is 15.1 Å². The van der Waals surface area contributed by atoms with E-state index in [0.29, 0.717) is 18.1 Å². The molecular weight excluding hydrogens is 346 g/mol. The van der Waals surface area contributed by atoms with Gasteiger partial charge in [0.15, 0.2) is 0 Å². The molecule has 0 atom stereocenters. The smallest absolute Gasteiger partial charge is 0.321 e. The van der Waals surface area contributed by atoms with E-state index in [1.54, 1.807) is 6.20 Å². The molecule has 0 spiro atoms. The molecule has 2 amide bonds. The molecule has 5 heteroatoms. The highest BCUT2D eigenvalue weighted by Crippen LogP contribution is 2.23. The van der Waals surface area contributed by atoms with Crippen LogP contribution in [-0.2, 0) is 0 Å². The van der Waals surface area contributed by atoms with Gasteiger partial charge in [0.25, 0.3) is 0 Å². The molecule has 3 rings (SSSR count). The Morgan fingerprint density at radius 2 is 1.81 bits per heavy atom. The number of halogens is 1. The summed E-state index contributed by atoms with van der Waals surface area (Å²) in [6.07, 6.45) is 3.52. The monoisotopic (exact) mass is 369 g/mol. The predicted octanol–water partition coefficient (Wildman–Crippen LogP) is 4.46. The fourth-order valence-electron chi connectivity index (χ4n) is 3.14. The molecule has 0 bridgehead atoms. The Balaban J connectivity index is 1.53. The Morgan fingerprint density at radius 1 is 1.08 bits per heavy atom. The number of nitrogens with zero attached hydrogens (tertiary/aromatic N) is 2. The maximum Gasteiger partial charge on any atom is 0.321 e. The first-order chi connectivity index (χ1) is 12.5. The summed E-state index contributed by atoms with van der Waals surface area (Å²) in [5.41, 5.74) is 4.84. The number of nitrogens with one attached hydrogen (secondary N) is 1. The molecule has 0 unspecified atom stereocenters. The van der Waals surface area contributed by atoms with Gasteiger partial charge in [-0.3, -0.25) is 0 Å². The van der Waals surface area contributed by atoms with Crippen molar-refractivity contribution < 1.29 is 4.79 Å². The van der Waals surface area contributed by atoms with Crippen molar-refractivity contribution >= 4 is 29.4 Å². The topological polar surface area (TPSA) is 35.6 Å². The second kappa shape index (κ2) is 8.28. The van der Waals surface area contributed by atoms with Crippen LogP contribution in [0.25, 0.3) is 6.08 Å². The van der Waals surface area contributed by atoms with Crippen LogP contribution in [0.3, 0.4) is 0 Å². The molecule has 2 aromatic carbocycles. The number of rotatable bonds is 3. The number of urea groups is 1. The highest BCUT2D eigenvalue weighted by Gasteiger charge is 2.21. The van der Waals surface area contributed by atoms with Gasteiger partial charge in [-0.15, -0.1) is 0 Å². The largest absolute Gasteiger partial charge is 0.368 e. The van der Waals surface area contributed by atoms with Gasteiger partial charge in [0.1, 0.15) is 0 Å². The van der Waals surface area contributed by atoms with Crippen LogP contribution in [-0.4, -0.2) is 37.1 Å². The fourth-order valence-corrected chi connectivity index (χ4v) is 3.34. The van der Waals surface area contributed by atoms with Gasteiger partial charge in [0.05, 0.1) is 0 Å². The molecule has 0 radical (unpaired) electrons. The molecule has 1 N–H and O–H groups in total. The van der Waals surface area contributed by atoms with E-state index in [1.807, 2.05) is 35.2 Å². The molecule has 0 aliphatic carbocycles. The van der Waals surface area contributed by atoms with Gasteiger partial charge in [-0.1, -0.05) is 35.9 Å². The SMILES string of the molecule is Cc1cccc(N2CCN(C(=O)N/C=C/c3cccc(Cl)c3)CC2)c1C. The number of anilines is 1. The summed E-state index contributed by atoms with van der Waals surface area (Å²) >= 11 is 5.96. The van der Waals surface area contributed by atoms with Gasteiger partial charge >= 0.3 is 6.03 Å². The van der Waals surface area contributed by atoms with E-state index in [2.05, 4.69) is 42.3 Å². The minimum Gasteiger partial charge on any atom is -0.368 e. The lowest BCUT2D eigenvalue weighted by Crippen LogP contribution is -2.51. The summed E-state index contributed by atoms with van der Waals surface area (Å²) in [6, 6.07) is 13.8. The molecule has 1 aliphatic rings. The minimum atomic E-state index is -0.0658. The number of amides is 2. The highest BCUT2D eigenvalue weighted by atomic mass is 35.5. The Hall–Kier alpha value is -2.46. The number of benzene rings is 2. The third kappa shape index (κ3) is 4.38. The van der Waals surface area contributed by atoms with Gasteiger partial charge in [0.2, 0.25) is 0 Å². The van der Waals surface area contributed by atoms with Crippen LogP contribution in [0.15, 0.2) is 48.7 Å². The second-order valence-corrected chi connectivity index (χ2v) is 6.97. The number of carbonyl (C=O) groups excluding carboxylic acids is 1. The van der Waals surface area contributed by atoms with Gasteiger partial charge in [-0.05, 0) is 54.8 Å². The average molecular weight is 370 g/mol. The van der Waals surface area contributed by atoms with Crippen molar-refractivity contribution in [3.8, 4) is 0 Å². The molecule has 1 heterocycles. The fraction of sp³-hybridized carbons (Fsp3) is 0.286. The quantitative estimate of drug-likeness (QED) is 0.867. The zero-order valence-electron chi connectivity index (χ0n) is 15.2. The molecule has 4 nitrogen and oxygen atoms in total. The summed E-state index contributed by atoms with van der Waals surface area (Å²) < 4.78 is 0. The van der Waals surface area contributed by atoms with E-state index < -0.39 is 0 Å². The Kier molecular flexibility index (Phi) is 5.84. The lowest BCUT2D eigenvalue weighted by atomic mass is 10.1. The lowest BCUT2D eigenvalue weighted by Gasteiger charge is -2.36. The number of hydrogen-bond acceptors (Lipinski definition) is 2. The van der Waals surface area contributed by atoms with Crippen LogP contribution in [0.2, 0.25) is 5.02 Å². The standard InChI is InChI=1S/C21H24ClN3O/c1-16-5-3-8-20(17(16)2)24-11-13-25(14-12-24)21(26)23-10-9-18-6-4-7-19(22)15-18/h3-10,15H,11-14H2,1-2H3,(H,23,26)/b10-9+. The van der Waals surface area contributed by atoms with Crippen molar-refractivity contribution in [2.75, 3.05) is 31.1 Å². The van der Waals surface area contributed by atoms with Crippen molar-refractivity contribution in [1.82, 2.24) is 10.2 Å². The van der Waals surface area contributed by atoms with Crippen LogP contribution in [0, 0.1) is 13.8 Å². The molecular formula is C21H24ClN3O. The van der Waals surface area contributed by atoms with Crippen LogP contribution < -0.4 is 10.2 Å². The molecule has 0 saturated carbocycles. The molecule has 136 valence electrons. The second-order valence-electron chi connectivity index (χ2n) is 6.53. The Bertz CT molecular complexity index is 811. The van der Waals surface area contributed by atoms with Crippen LogP contribution >= 0.6 is 11.6 Å². The lowest BCUT2D eigenvalue weighted by molar-refractivity contribution is 0.198. The third-order valence-electron chi connectivity index (χ3n) is 4.81. The van der Waals surface area contributed by atoms with Crippen LogP contribution in [0.1, 0.15) is 16.7 Å². The maximum absolute atomic E-state index is 12.3. The zero-order chi connectivity index (χ0) is 18.5. The summed E-state index contributed by atoms with van der Waals surface area (Å²) in [7, 11) is 0. The van der Waals surface area contributed by atoms with E-state index >= 15 is 0 Å². The Labute approximate surface area is 160 Å². The molecule has 0 aromatic heterocycles. The molecule has 26 heavy (non-hydrogen) atoms. The predicted molar refractivity (Wildman–Crippen MR) is 109 cm³/mol. The normalized spacial score (nSPS) is 14.7. The zero-order valence-corrected chi connectivity index (χ0v) is 16.0. The van der Waals surface area contributed by atoms with Crippen molar-refractivity contribution in [3.05, 3.63) is 70.4 Å². The van der Waals surface area contributed by atoms with E-state index in [1.165, 1.54) is 16.8 Å². The summed E-state index contributed by atoms with van der Waals surface area (Å²) in [6.45, 7) is 7.40. The van der Waals surface area contributed by atoms with Gasteiger partial charge in [-0.25, -0.2) is 4.79 Å². The van der Waals surface area contributed by atoms with Crippen LogP contribution in [0.4, 0.5) is 10.5 Å².